The van der Waals surface area contributed by atoms with Crippen LogP contribution in [0.1, 0.15) is 29.1 Å². The Labute approximate surface area is 146 Å². The van der Waals surface area contributed by atoms with Crippen LogP contribution in [0, 0.1) is 5.41 Å². The number of hydrogen-bond donors (Lipinski definition) is 1. The number of amides is 1. The first-order valence-electron chi connectivity index (χ1n) is 8.85. The maximum Gasteiger partial charge on any atom is 0.289 e. The van der Waals surface area contributed by atoms with Gasteiger partial charge in [0.15, 0.2) is 5.76 Å². The Morgan fingerprint density at radius 2 is 2.28 bits per heavy atom. The lowest BCUT2D eigenvalue weighted by molar-refractivity contribution is 0.00571. The van der Waals surface area contributed by atoms with Gasteiger partial charge in [-0.05, 0) is 31.0 Å². The minimum Gasteiger partial charge on any atom is -0.459 e. The van der Waals surface area contributed by atoms with Crippen molar-refractivity contribution in [2.45, 2.75) is 19.4 Å². The molecule has 0 aliphatic carbocycles. The van der Waals surface area contributed by atoms with E-state index in [0.717, 1.165) is 51.3 Å². The average Bonchev–Trinajstić information content (AvgIpc) is 3.29. The first kappa shape index (κ1) is 16.4. The summed E-state index contributed by atoms with van der Waals surface area (Å²) in [6.45, 7) is 5.57. The van der Waals surface area contributed by atoms with Crippen LogP contribution in [0.5, 0.6) is 0 Å². The molecule has 4 heterocycles. The number of furan rings is 1. The summed E-state index contributed by atoms with van der Waals surface area (Å²) < 4.78 is 11.2. The van der Waals surface area contributed by atoms with Gasteiger partial charge in [0.1, 0.15) is 0 Å². The van der Waals surface area contributed by atoms with Gasteiger partial charge in [-0.2, -0.15) is 5.10 Å². The number of ether oxygens (including phenoxy) is 1. The summed E-state index contributed by atoms with van der Waals surface area (Å²) in [5.41, 5.74) is 1.09. The standard InChI is InChI=1S/C18H24N4O3/c23-17(16-3-1-9-25-16)22-7-2-5-18(13-22)12-21(8-10-24-14-18)11-15-4-6-19-20-15/h1,3-4,6,9H,2,5,7-8,10-14H2,(H,19,20). The van der Waals surface area contributed by atoms with Crippen molar-refractivity contribution in [3.63, 3.8) is 0 Å². The average molecular weight is 344 g/mol. The van der Waals surface area contributed by atoms with E-state index in [-0.39, 0.29) is 11.3 Å². The third kappa shape index (κ3) is 3.62. The number of aromatic amines is 1. The number of carbonyl (C=O) groups excluding carboxylic acids is 1. The van der Waals surface area contributed by atoms with E-state index in [1.54, 1.807) is 24.6 Å². The van der Waals surface area contributed by atoms with Gasteiger partial charge in [0.2, 0.25) is 0 Å². The summed E-state index contributed by atoms with van der Waals surface area (Å²) in [7, 11) is 0. The Balaban J connectivity index is 1.47. The van der Waals surface area contributed by atoms with Crippen molar-refractivity contribution in [3.8, 4) is 0 Å². The van der Waals surface area contributed by atoms with Crippen molar-refractivity contribution < 1.29 is 13.9 Å². The molecule has 2 aromatic heterocycles. The number of aromatic nitrogens is 2. The Hall–Kier alpha value is -2.12. The lowest BCUT2D eigenvalue weighted by Crippen LogP contribution is -2.52. The molecule has 2 aliphatic rings. The van der Waals surface area contributed by atoms with Crippen LogP contribution in [0.15, 0.2) is 35.1 Å². The summed E-state index contributed by atoms with van der Waals surface area (Å²) in [5.74, 6) is 0.398. The zero-order valence-electron chi connectivity index (χ0n) is 14.3. The third-order valence-electron chi connectivity index (χ3n) is 5.15. The highest BCUT2D eigenvalue weighted by Gasteiger charge is 2.40. The molecule has 0 radical (unpaired) electrons. The third-order valence-corrected chi connectivity index (χ3v) is 5.15. The van der Waals surface area contributed by atoms with Crippen LogP contribution in [0.4, 0.5) is 0 Å². The lowest BCUT2D eigenvalue weighted by Gasteiger charge is -2.43. The highest BCUT2D eigenvalue weighted by atomic mass is 16.5. The quantitative estimate of drug-likeness (QED) is 0.918. The number of nitrogens with zero attached hydrogens (tertiary/aromatic N) is 3. The summed E-state index contributed by atoms with van der Waals surface area (Å²) in [6, 6.07) is 5.50. The van der Waals surface area contributed by atoms with E-state index in [2.05, 4.69) is 15.1 Å². The highest BCUT2D eigenvalue weighted by molar-refractivity contribution is 5.91. The topological polar surface area (TPSA) is 74.6 Å². The number of rotatable bonds is 3. The van der Waals surface area contributed by atoms with E-state index in [4.69, 9.17) is 9.15 Å². The van der Waals surface area contributed by atoms with E-state index in [9.17, 15) is 4.79 Å². The van der Waals surface area contributed by atoms with Gasteiger partial charge in [0.25, 0.3) is 5.91 Å². The molecule has 0 aromatic carbocycles. The van der Waals surface area contributed by atoms with Gasteiger partial charge in [0, 0.05) is 50.0 Å². The fourth-order valence-corrected chi connectivity index (χ4v) is 4.01. The van der Waals surface area contributed by atoms with Crippen molar-refractivity contribution >= 4 is 5.91 Å². The Kier molecular flexibility index (Phi) is 4.59. The molecule has 25 heavy (non-hydrogen) atoms. The summed E-state index contributed by atoms with van der Waals surface area (Å²) in [4.78, 5) is 17.0. The summed E-state index contributed by atoms with van der Waals surface area (Å²) in [5, 5.41) is 7.06. The molecule has 0 saturated carbocycles. The molecule has 134 valence electrons. The summed E-state index contributed by atoms with van der Waals surface area (Å²) >= 11 is 0. The van der Waals surface area contributed by atoms with Gasteiger partial charge in [-0.3, -0.25) is 14.8 Å². The lowest BCUT2D eigenvalue weighted by atomic mass is 9.80. The number of piperidine rings is 1. The number of H-pyrrole nitrogens is 1. The van der Waals surface area contributed by atoms with Gasteiger partial charge in [-0.15, -0.1) is 0 Å². The molecular weight excluding hydrogens is 320 g/mol. The Morgan fingerprint density at radius 1 is 1.32 bits per heavy atom. The normalized spacial score (nSPS) is 25.2. The number of nitrogens with one attached hydrogen (secondary N) is 1. The van der Waals surface area contributed by atoms with E-state index >= 15 is 0 Å². The smallest absolute Gasteiger partial charge is 0.289 e. The van der Waals surface area contributed by atoms with Crippen LogP contribution in [-0.4, -0.2) is 65.3 Å². The van der Waals surface area contributed by atoms with Crippen LogP contribution in [0.2, 0.25) is 0 Å². The van der Waals surface area contributed by atoms with Gasteiger partial charge in [-0.1, -0.05) is 0 Å². The number of hydrogen-bond acceptors (Lipinski definition) is 5. The SMILES string of the molecule is O=C(c1ccco1)N1CCCC2(COCCN(Cc3ccn[nH]3)C2)C1. The van der Waals surface area contributed by atoms with Crippen molar-refractivity contribution in [1.29, 1.82) is 0 Å². The van der Waals surface area contributed by atoms with Gasteiger partial charge in [-0.25, -0.2) is 0 Å². The number of carbonyl (C=O) groups is 1. The molecular formula is C18H24N4O3. The second kappa shape index (κ2) is 7.01. The Morgan fingerprint density at radius 3 is 3.08 bits per heavy atom. The van der Waals surface area contributed by atoms with Crippen molar-refractivity contribution in [2.24, 2.45) is 5.41 Å². The minimum absolute atomic E-state index is 0.0168. The maximum atomic E-state index is 12.7. The van der Waals surface area contributed by atoms with E-state index < -0.39 is 0 Å². The second-order valence-electron chi connectivity index (χ2n) is 7.15. The zero-order valence-corrected chi connectivity index (χ0v) is 14.3. The van der Waals surface area contributed by atoms with Crippen LogP contribution in [0.25, 0.3) is 0 Å². The fraction of sp³-hybridized carbons (Fsp3) is 0.556. The molecule has 2 saturated heterocycles. The van der Waals surface area contributed by atoms with Crippen molar-refractivity contribution in [2.75, 3.05) is 39.4 Å². The zero-order chi connectivity index (χ0) is 17.1. The molecule has 2 aromatic rings. The van der Waals surface area contributed by atoms with E-state index in [1.165, 1.54) is 0 Å². The van der Waals surface area contributed by atoms with E-state index in [1.807, 2.05) is 11.0 Å². The largest absolute Gasteiger partial charge is 0.459 e. The fourth-order valence-electron chi connectivity index (χ4n) is 4.01. The highest BCUT2D eigenvalue weighted by Crippen LogP contribution is 2.34. The molecule has 1 amide bonds. The van der Waals surface area contributed by atoms with Gasteiger partial charge < -0.3 is 14.1 Å². The molecule has 1 unspecified atom stereocenters. The van der Waals surface area contributed by atoms with Gasteiger partial charge >= 0.3 is 0 Å². The predicted octanol–water partition coefficient (Wildman–Crippen LogP) is 1.76. The molecule has 1 N–H and O–H groups in total. The molecule has 1 spiro atoms. The van der Waals surface area contributed by atoms with Crippen LogP contribution in [-0.2, 0) is 11.3 Å². The maximum absolute atomic E-state index is 12.7. The molecule has 1 atom stereocenters. The first-order chi connectivity index (χ1) is 12.2. The Bertz CT molecular complexity index is 685. The van der Waals surface area contributed by atoms with E-state index in [0.29, 0.717) is 18.9 Å². The second-order valence-corrected chi connectivity index (χ2v) is 7.15. The molecule has 4 rings (SSSR count). The predicted molar refractivity (Wildman–Crippen MR) is 91.0 cm³/mol. The summed E-state index contributed by atoms with van der Waals surface area (Å²) in [6.07, 6.45) is 5.40. The number of likely N-dealkylation sites (tertiary alicyclic amines) is 1. The van der Waals surface area contributed by atoms with Crippen molar-refractivity contribution in [3.05, 3.63) is 42.1 Å². The van der Waals surface area contributed by atoms with Crippen LogP contribution in [0.3, 0.4) is 0 Å². The van der Waals surface area contributed by atoms with Crippen molar-refractivity contribution in [1.82, 2.24) is 20.0 Å². The molecule has 7 nitrogen and oxygen atoms in total. The monoisotopic (exact) mass is 344 g/mol. The molecule has 2 aliphatic heterocycles. The van der Waals surface area contributed by atoms with Gasteiger partial charge in [0.05, 0.1) is 19.5 Å². The first-order valence-corrected chi connectivity index (χ1v) is 8.85. The van der Waals surface area contributed by atoms with Crippen LogP contribution >= 0.6 is 0 Å². The molecule has 7 heteroatoms. The molecule has 0 bridgehead atoms. The minimum atomic E-state index is -0.0200. The molecule has 2 fully saturated rings. The van der Waals surface area contributed by atoms with Crippen LogP contribution < -0.4 is 0 Å².